The van der Waals surface area contributed by atoms with Gasteiger partial charge in [-0.3, -0.25) is 4.79 Å². The number of amides is 1. The molecule has 0 radical (unpaired) electrons. The van der Waals surface area contributed by atoms with Crippen LogP contribution in [-0.2, 0) is 11.3 Å². The van der Waals surface area contributed by atoms with Crippen LogP contribution in [-0.4, -0.2) is 36.1 Å². The monoisotopic (exact) mass is 342 g/mol. The van der Waals surface area contributed by atoms with Crippen molar-refractivity contribution in [2.24, 2.45) is 0 Å². The van der Waals surface area contributed by atoms with Gasteiger partial charge in [0, 0.05) is 34.6 Å². The Balaban J connectivity index is 2.09. The molecule has 0 saturated heterocycles. The summed E-state index contributed by atoms with van der Waals surface area (Å²) in [4.78, 5) is 18.2. The summed E-state index contributed by atoms with van der Waals surface area (Å²) in [5, 5.41) is 2.02. The maximum absolute atomic E-state index is 12.4. The largest absolute Gasteiger partial charge is 0.383 e. The van der Waals surface area contributed by atoms with Gasteiger partial charge in [-0.1, -0.05) is 0 Å². The summed E-state index contributed by atoms with van der Waals surface area (Å²) in [5.41, 5.74) is 0.603. The zero-order chi connectivity index (χ0) is 13.7. The van der Waals surface area contributed by atoms with Crippen LogP contribution in [0.2, 0.25) is 0 Å². The van der Waals surface area contributed by atoms with Crippen molar-refractivity contribution in [1.82, 2.24) is 9.88 Å². The van der Waals surface area contributed by atoms with E-state index in [0.717, 1.165) is 9.35 Å². The minimum Gasteiger partial charge on any atom is -0.383 e. The standard InChI is InChI=1S/C13H15BrN2O2S/c1-18-6-5-16(8-11-7-10(14)9-19-11)13(17)12-3-2-4-15-12/h2-4,7,9,15H,5-6,8H2,1H3. The molecule has 0 aliphatic carbocycles. The molecule has 0 bridgehead atoms. The molecule has 19 heavy (non-hydrogen) atoms. The Bertz CT molecular complexity index is 524. The summed E-state index contributed by atoms with van der Waals surface area (Å²) in [6.45, 7) is 1.69. The van der Waals surface area contributed by atoms with E-state index >= 15 is 0 Å². The molecule has 2 heterocycles. The summed E-state index contributed by atoms with van der Waals surface area (Å²) < 4.78 is 6.12. The molecule has 0 aliphatic rings. The number of hydrogen-bond donors (Lipinski definition) is 1. The third kappa shape index (κ3) is 3.92. The van der Waals surface area contributed by atoms with Crippen molar-refractivity contribution in [2.75, 3.05) is 20.3 Å². The minimum absolute atomic E-state index is 0.00780. The highest BCUT2D eigenvalue weighted by Gasteiger charge is 2.17. The van der Waals surface area contributed by atoms with Crippen molar-refractivity contribution >= 4 is 33.2 Å². The van der Waals surface area contributed by atoms with Gasteiger partial charge in [-0.2, -0.15) is 0 Å². The lowest BCUT2D eigenvalue weighted by Crippen LogP contribution is -2.33. The fourth-order valence-electron chi connectivity index (χ4n) is 1.71. The van der Waals surface area contributed by atoms with E-state index in [1.165, 1.54) is 0 Å². The summed E-state index contributed by atoms with van der Waals surface area (Å²) in [6.07, 6.45) is 1.75. The van der Waals surface area contributed by atoms with E-state index in [4.69, 9.17) is 4.74 Å². The molecule has 0 fully saturated rings. The SMILES string of the molecule is COCCN(Cc1cc(Br)cs1)C(=O)c1ccc[nH]1. The van der Waals surface area contributed by atoms with Gasteiger partial charge >= 0.3 is 0 Å². The van der Waals surface area contributed by atoms with Crippen molar-refractivity contribution in [3.8, 4) is 0 Å². The second kappa shape index (κ2) is 6.88. The molecule has 102 valence electrons. The number of H-pyrrole nitrogens is 1. The van der Waals surface area contributed by atoms with Crippen LogP contribution in [0, 0.1) is 0 Å². The highest BCUT2D eigenvalue weighted by molar-refractivity contribution is 9.10. The summed E-state index contributed by atoms with van der Waals surface area (Å²) in [6, 6.07) is 5.64. The number of carbonyl (C=O) groups is 1. The van der Waals surface area contributed by atoms with Gasteiger partial charge in [0.25, 0.3) is 5.91 Å². The second-order valence-electron chi connectivity index (χ2n) is 4.03. The number of hydrogen-bond acceptors (Lipinski definition) is 3. The number of ether oxygens (including phenoxy) is 1. The number of halogens is 1. The third-order valence-corrected chi connectivity index (χ3v) is 4.33. The molecular weight excluding hydrogens is 328 g/mol. The Labute approximate surface area is 124 Å². The van der Waals surface area contributed by atoms with Crippen molar-refractivity contribution < 1.29 is 9.53 Å². The van der Waals surface area contributed by atoms with Crippen LogP contribution in [0.4, 0.5) is 0 Å². The maximum atomic E-state index is 12.4. The van der Waals surface area contributed by atoms with Crippen molar-refractivity contribution in [3.63, 3.8) is 0 Å². The molecule has 1 amide bonds. The van der Waals surface area contributed by atoms with Crippen LogP contribution >= 0.6 is 27.3 Å². The average molecular weight is 343 g/mol. The number of nitrogens with zero attached hydrogens (tertiary/aromatic N) is 1. The Morgan fingerprint density at radius 3 is 3.00 bits per heavy atom. The predicted octanol–water partition coefficient (Wildman–Crippen LogP) is 3.13. The molecule has 1 N–H and O–H groups in total. The Hall–Kier alpha value is -1.11. The van der Waals surface area contributed by atoms with Gasteiger partial charge in [0.05, 0.1) is 13.2 Å². The number of carbonyl (C=O) groups excluding carboxylic acids is 1. The molecule has 0 aromatic carbocycles. The topological polar surface area (TPSA) is 45.3 Å². The highest BCUT2D eigenvalue weighted by Crippen LogP contribution is 2.21. The average Bonchev–Trinajstić information content (AvgIpc) is 3.05. The Morgan fingerprint density at radius 1 is 1.58 bits per heavy atom. The molecule has 2 aromatic heterocycles. The molecule has 6 heteroatoms. The van der Waals surface area contributed by atoms with Gasteiger partial charge in [0.15, 0.2) is 0 Å². The molecule has 2 rings (SSSR count). The number of aromatic amines is 1. The quantitative estimate of drug-likeness (QED) is 0.876. The minimum atomic E-state index is -0.00780. The molecule has 2 aromatic rings. The van der Waals surface area contributed by atoms with Crippen LogP contribution in [0.5, 0.6) is 0 Å². The molecule has 0 atom stereocenters. The van der Waals surface area contributed by atoms with Gasteiger partial charge in [-0.25, -0.2) is 0 Å². The zero-order valence-electron chi connectivity index (χ0n) is 10.6. The van der Waals surface area contributed by atoms with E-state index < -0.39 is 0 Å². The number of thiophene rings is 1. The second-order valence-corrected chi connectivity index (χ2v) is 5.95. The highest BCUT2D eigenvalue weighted by atomic mass is 79.9. The first-order chi connectivity index (χ1) is 9.20. The predicted molar refractivity (Wildman–Crippen MR) is 79.4 cm³/mol. The third-order valence-electron chi connectivity index (χ3n) is 2.65. The van der Waals surface area contributed by atoms with Crippen LogP contribution in [0.3, 0.4) is 0 Å². The van der Waals surface area contributed by atoms with Crippen LogP contribution in [0.1, 0.15) is 15.4 Å². The van der Waals surface area contributed by atoms with Gasteiger partial charge in [0.1, 0.15) is 5.69 Å². The van der Waals surface area contributed by atoms with Crippen molar-refractivity contribution in [2.45, 2.75) is 6.54 Å². The van der Waals surface area contributed by atoms with E-state index in [9.17, 15) is 4.79 Å². The normalized spacial score (nSPS) is 10.6. The van der Waals surface area contributed by atoms with E-state index in [1.807, 2.05) is 17.5 Å². The summed E-state index contributed by atoms with van der Waals surface area (Å²) in [7, 11) is 1.64. The van der Waals surface area contributed by atoms with Crippen molar-refractivity contribution in [3.05, 3.63) is 44.8 Å². The van der Waals surface area contributed by atoms with E-state index in [1.54, 1.807) is 35.6 Å². The summed E-state index contributed by atoms with van der Waals surface area (Å²) >= 11 is 5.06. The molecule has 0 unspecified atom stereocenters. The fraction of sp³-hybridized carbons (Fsp3) is 0.308. The molecule has 0 saturated carbocycles. The van der Waals surface area contributed by atoms with E-state index in [0.29, 0.717) is 25.4 Å². The zero-order valence-corrected chi connectivity index (χ0v) is 13.0. The van der Waals surface area contributed by atoms with E-state index in [2.05, 4.69) is 20.9 Å². The van der Waals surface area contributed by atoms with Gasteiger partial charge in [0.2, 0.25) is 0 Å². The Kier molecular flexibility index (Phi) is 5.18. The van der Waals surface area contributed by atoms with Gasteiger partial charge in [-0.15, -0.1) is 11.3 Å². The fourth-order valence-corrected chi connectivity index (χ4v) is 3.18. The first kappa shape index (κ1) is 14.3. The first-order valence-electron chi connectivity index (χ1n) is 5.85. The Morgan fingerprint density at radius 2 is 2.42 bits per heavy atom. The van der Waals surface area contributed by atoms with Crippen LogP contribution in [0.15, 0.2) is 34.2 Å². The van der Waals surface area contributed by atoms with Gasteiger partial charge in [-0.05, 0) is 34.1 Å². The van der Waals surface area contributed by atoms with E-state index in [-0.39, 0.29) is 5.91 Å². The molecular formula is C13H15BrN2O2S. The maximum Gasteiger partial charge on any atom is 0.270 e. The summed E-state index contributed by atoms with van der Waals surface area (Å²) in [5.74, 6) is -0.00780. The van der Waals surface area contributed by atoms with Crippen LogP contribution < -0.4 is 0 Å². The molecule has 0 aliphatic heterocycles. The number of methoxy groups -OCH3 is 1. The molecule has 0 spiro atoms. The lowest BCUT2D eigenvalue weighted by Gasteiger charge is -2.21. The number of nitrogens with one attached hydrogen (secondary N) is 1. The first-order valence-corrected chi connectivity index (χ1v) is 7.52. The lowest BCUT2D eigenvalue weighted by molar-refractivity contribution is 0.0677. The smallest absolute Gasteiger partial charge is 0.270 e. The van der Waals surface area contributed by atoms with Crippen molar-refractivity contribution in [1.29, 1.82) is 0 Å². The van der Waals surface area contributed by atoms with Gasteiger partial charge < -0.3 is 14.6 Å². The van der Waals surface area contributed by atoms with Crippen LogP contribution in [0.25, 0.3) is 0 Å². The lowest BCUT2D eigenvalue weighted by atomic mass is 10.3. The number of rotatable bonds is 6. The number of aromatic nitrogens is 1. The molecule has 4 nitrogen and oxygen atoms in total.